The van der Waals surface area contributed by atoms with Gasteiger partial charge in [0.15, 0.2) is 5.16 Å². The molecule has 0 unspecified atom stereocenters. The van der Waals surface area contributed by atoms with E-state index < -0.39 is 0 Å². The summed E-state index contributed by atoms with van der Waals surface area (Å²) < 4.78 is 4.28. The maximum atomic E-state index is 4.39. The summed E-state index contributed by atoms with van der Waals surface area (Å²) in [6, 6.07) is 8.56. The Balaban J connectivity index is 1.44. The van der Waals surface area contributed by atoms with Gasteiger partial charge in [-0.2, -0.15) is 0 Å². The molecular formula is C20H28N6S. The first kappa shape index (κ1) is 19.6. The first-order valence-electron chi connectivity index (χ1n) is 9.41. The summed E-state index contributed by atoms with van der Waals surface area (Å²) in [6.45, 7) is 7.28. The van der Waals surface area contributed by atoms with Gasteiger partial charge in [0, 0.05) is 37.6 Å². The van der Waals surface area contributed by atoms with Crippen LogP contribution >= 0.6 is 11.8 Å². The van der Waals surface area contributed by atoms with E-state index in [2.05, 4.69) is 69.4 Å². The molecular weight excluding hydrogens is 356 g/mol. The molecule has 0 spiro atoms. The second kappa shape index (κ2) is 9.71. The lowest BCUT2D eigenvalue weighted by Crippen LogP contribution is -2.17. The van der Waals surface area contributed by atoms with Crippen LogP contribution in [0.15, 0.2) is 48.1 Å². The number of hydrogen-bond acceptors (Lipinski definition) is 5. The second-order valence-corrected chi connectivity index (χ2v) is 7.80. The van der Waals surface area contributed by atoms with Crippen LogP contribution in [0, 0.1) is 5.92 Å². The lowest BCUT2D eigenvalue weighted by Gasteiger charge is -2.12. The van der Waals surface area contributed by atoms with Crippen molar-refractivity contribution in [2.75, 3.05) is 12.8 Å². The Morgan fingerprint density at radius 3 is 2.63 bits per heavy atom. The highest BCUT2D eigenvalue weighted by atomic mass is 32.2. The van der Waals surface area contributed by atoms with E-state index in [0.29, 0.717) is 5.92 Å². The van der Waals surface area contributed by atoms with Crippen LogP contribution in [0.25, 0.3) is 5.69 Å². The molecule has 0 aliphatic heterocycles. The van der Waals surface area contributed by atoms with Gasteiger partial charge in [0.25, 0.3) is 0 Å². The van der Waals surface area contributed by atoms with Gasteiger partial charge in [0.2, 0.25) is 0 Å². The van der Waals surface area contributed by atoms with Crippen molar-refractivity contribution in [1.82, 2.24) is 29.6 Å². The molecule has 0 atom stereocenters. The molecule has 3 rings (SSSR count). The Kier molecular flexibility index (Phi) is 7.06. The average molecular weight is 385 g/mol. The van der Waals surface area contributed by atoms with E-state index in [4.69, 9.17) is 0 Å². The summed E-state index contributed by atoms with van der Waals surface area (Å²) in [6.07, 6.45) is 9.62. The highest BCUT2D eigenvalue weighted by Gasteiger charge is 2.12. The predicted molar refractivity (Wildman–Crippen MR) is 110 cm³/mol. The van der Waals surface area contributed by atoms with Gasteiger partial charge in [-0.15, -0.1) is 10.2 Å². The Labute approximate surface area is 165 Å². The summed E-state index contributed by atoms with van der Waals surface area (Å²) in [5.41, 5.74) is 2.41. The van der Waals surface area contributed by atoms with Gasteiger partial charge in [-0.3, -0.25) is 0 Å². The van der Waals surface area contributed by atoms with Crippen molar-refractivity contribution < 1.29 is 0 Å². The van der Waals surface area contributed by atoms with Crippen molar-refractivity contribution in [1.29, 1.82) is 0 Å². The van der Waals surface area contributed by atoms with Gasteiger partial charge in [0.1, 0.15) is 5.82 Å². The fourth-order valence-corrected chi connectivity index (χ4v) is 3.53. The number of aryl methyl sites for hydroxylation is 1. The van der Waals surface area contributed by atoms with Crippen LogP contribution in [0.5, 0.6) is 0 Å². The van der Waals surface area contributed by atoms with Gasteiger partial charge in [0.05, 0.1) is 6.33 Å². The Hall–Kier alpha value is -2.12. The molecule has 0 fully saturated rings. The lowest BCUT2D eigenvalue weighted by atomic mass is 10.2. The summed E-state index contributed by atoms with van der Waals surface area (Å²) >= 11 is 1.67. The molecule has 0 saturated heterocycles. The standard InChI is InChI=1S/C20H28N6S/c1-16(2)14-26-19(23-24-20(26)27-3)5-4-10-21-13-17-6-8-18(9-7-17)25-12-11-22-15-25/h6-9,11-12,15-16,21H,4-5,10,13-14H2,1-3H3. The Morgan fingerprint density at radius 2 is 1.96 bits per heavy atom. The smallest absolute Gasteiger partial charge is 0.190 e. The molecule has 0 amide bonds. The van der Waals surface area contributed by atoms with Gasteiger partial charge in [-0.1, -0.05) is 37.7 Å². The molecule has 6 nitrogen and oxygen atoms in total. The molecule has 3 aromatic rings. The number of thioether (sulfide) groups is 1. The fraction of sp³-hybridized carbons (Fsp3) is 0.450. The largest absolute Gasteiger partial charge is 0.313 e. The molecule has 0 radical (unpaired) electrons. The van der Waals surface area contributed by atoms with Gasteiger partial charge in [-0.25, -0.2) is 4.98 Å². The van der Waals surface area contributed by atoms with Crippen molar-refractivity contribution in [2.45, 2.75) is 44.9 Å². The highest BCUT2D eigenvalue weighted by molar-refractivity contribution is 7.98. The summed E-state index contributed by atoms with van der Waals surface area (Å²) in [7, 11) is 0. The average Bonchev–Trinajstić information content (AvgIpc) is 3.32. The third kappa shape index (κ3) is 5.43. The molecule has 0 saturated carbocycles. The van der Waals surface area contributed by atoms with E-state index in [1.807, 2.05) is 17.1 Å². The normalized spacial score (nSPS) is 11.4. The number of nitrogens with zero attached hydrogens (tertiary/aromatic N) is 5. The van der Waals surface area contributed by atoms with E-state index in [1.165, 1.54) is 5.56 Å². The van der Waals surface area contributed by atoms with E-state index in [9.17, 15) is 0 Å². The second-order valence-electron chi connectivity index (χ2n) is 7.02. The molecule has 27 heavy (non-hydrogen) atoms. The number of hydrogen-bond donors (Lipinski definition) is 1. The van der Waals surface area contributed by atoms with E-state index in [1.54, 1.807) is 18.0 Å². The minimum absolute atomic E-state index is 0.592. The first-order valence-corrected chi connectivity index (χ1v) is 10.6. The SMILES string of the molecule is CSc1nnc(CCCNCc2ccc(-n3ccnc3)cc2)n1CC(C)C. The van der Waals surface area contributed by atoms with Crippen molar-refractivity contribution >= 4 is 11.8 Å². The zero-order valence-electron chi connectivity index (χ0n) is 16.3. The molecule has 2 heterocycles. The molecule has 2 aromatic heterocycles. The van der Waals surface area contributed by atoms with Crippen LogP contribution in [0.4, 0.5) is 0 Å². The van der Waals surface area contributed by atoms with Crippen molar-refractivity contribution in [3.63, 3.8) is 0 Å². The van der Waals surface area contributed by atoms with Crippen LogP contribution in [-0.2, 0) is 19.5 Å². The predicted octanol–water partition coefficient (Wildman–Crippen LogP) is 3.56. The zero-order chi connectivity index (χ0) is 19.1. The minimum atomic E-state index is 0.592. The zero-order valence-corrected chi connectivity index (χ0v) is 17.1. The van der Waals surface area contributed by atoms with Crippen LogP contribution in [0.2, 0.25) is 0 Å². The van der Waals surface area contributed by atoms with Crippen molar-refractivity contribution in [3.05, 3.63) is 54.4 Å². The third-order valence-electron chi connectivity index (χ3n) is 4.35. The van der Waals surface area contributed by atoms with Gasteiger partial charge < -0.3 is 14.5 Å². The molecule has 0 aliphatic carbocycles. The maximum Gasteiger partial charge on any atom is 0.190 e. The number of aromatic nitrogens is 5. The van der Waals surface area contributed by atoms with Crippen LogP contribution < -0.4 is 5.32 Å². The van der Waals surface area contributed by atoms with Gasteiger partial charge >= 0.3 is 0 Å². The van der Waals surface area contributed by atoms with Crippen molar-refractivity contribution in [2.24, 2.45) is 5.92 Å². The quantitative estimate of drug-likeness (QED) is 0.428. The monoisotopic (exact) mass is 384 g/mol. The minimum Gasteiger partial charge on any atom is -0.313 e. The molecule has 1 aromatic carbocycles. The Bertz CT molecular complexity index is 808. The molecule has 1 N–H and O–H groups in total. The molecule has 0 aliphatic rings. The molecule has 7 heteroatoms. The van der Waals surface area contributed by atoms with E-state index >= 15 is 0 Å². The summed E-state index contributed by atoms with van der Waals surface area (Å²) in [5.74, 6) is 1.69. The fourth-order valence-electron chi connectivity index (χ4n) is 3.01. The molecule has 0 bridgehead atoms. The number of nitrogens with one attached hydrogen (secondary N) is 1. The van der Waals surface area contributed by atoms with E-state index in [-0.39, 0.29) is 0 Å². The topological polar surface area (TPSA) is 60.6 Å². The maximum absolute atomic E-state index is 4.39. The van der Waals surface area contributed by atoms with Gasteiger partial charge in [-0.05, 0) is 42.8 Å². The van der Waals surface area contributed by atoms with Crippen LogP contribution in [0.3, 0.4) is 0 Å². The summed E-state index contributed by atoms with van der Waals surface area (Å²) in [4.78, 5) is 4.08. The lowest BCUT2D eigenvalue weighted by molar-refractivity contribution is 0.475. The third-order valence-corrected chi connectivity index (χ3v) is 5.01. The number of rotatable bonds is 10. The first-order chi connectivity index (χ1) is 13.2. The van der Waals surface area contributed by atoms with Crippen LogP contribution in [0.1, 0.15) is 31.7 Å². The van der Waals surface area contributed by atoms with Crippen LogP contribution in [-0.4, -0.2) is 37.1 Å². The van der Waals surface area contributed by atoms with Crippen molar-refractivity contribution in [3.8, 4) is 5.69 Å². The molecule has 144 valence electrons. The highest BCUT2D eigenvalue weighted by Crippen LogP contribution is 2.16. The summed E-state index contributed by atoms with van der Waals surface area (Å²) in [5, 5.41) is 13.2. The van der Waals surface area contributed by atoms with E-state index in [0.717, 1.165) is 49.1 Å². The number of benzene rings is 1. The Morgan fingerprint density at radius 1 is 1.15 bits per heavy atom. The number of imidazole rings is 1.